The molecule has 1 aromatic heterocycles. The molecular weight excluding hydrogens is 542 g/mol. The lowest BCUT2D eigenvalue weighted by molar-refractivity contribution is 0.0696. The zero-order valence-corrected chi connectivity index (χ0v) is 24.0. The van der Waals surface area contributed by atoms with Crippen LogP contribution in [0, 0.1) is 0 Å². The minimum atomic E-state index is -3.60. The molecule has 3 heterocycles. The summed E-state index contributed by atoms with van der Waals surface area (Å²) >= 11 is 5.92. The van der Waals surface area contributed by atoms with Crippen LogP contribution in [0.5, 0.6) is 0 Å². The van der Waals surface area contributed by atoms with Crippen molar-refractivity contribution in [1.82, 2.24) is 25.1 Å². The Morgan fingerprint density at radius 2 is 2.00 bits per heavy atom. The minimum absolute atomic E-state index is 0.116. The Morgan fingerprint density at radius 3 is 2.67 bits per heavy atom. The number of amides is 2. The van der Waals surface area contributed by atoms with Crippen LogP contribution in [0.1, 0.15) is 66.2 Å². The average molecular weight is 578 g/mol. The van der Waals surface area contributed by atoms with Crippen molar-refractivity contribution in [3.8, 4) is 0 Å². The van der Waals surface area contributed by atoms with Gasteiger partial charge in [-0.3, -0.25) is 9.59 Å². The van der Waals surface area contributed by atoms with E-state index in [4.69, 9.17) is 16.3 Å². The van der Waals surface area contributed by atoms with Crippen LogP contribution in [0.4, 0.5) is 0 Å². The van der Waals surface area contributed by atoms with Gasteiger partial charge in [0.2, 0.25) is 0 Å². The van der Waals surface area contributed by atoms with E-state index in [9.17, 15) is 18.0 Å². The van der Waals surface area contributed by atoms with Crippen LogP contribution in [0.15, 0.2) is 30.5 Å². The van der Waals surface area contributed by atoms with Gasteiger partial charge in [0.25, 0.3) is 11.8 Å². The summed E-state index contributed by atoms with van der Waals surface area (Å²) in [7, 11) is -3.60. The molecule has 0 spiro atoms. The number of fused-ring (bicyclic) bond motifs is 1. The van der Waals surface area contributed by atoms with Gasteiger partial charge in [0.15, 0.2) is 15.7 Å². The van der Waals surface area contributed by atoms with Crippen molar-refractivity contribution in [2.75, 3.05) is 32.8 Å². The molecule has 1 saturated heterocycles. The lowest BCUT2D eigenvalue weighted by atomic mass is 10.2. The maximum absolute atomic E-state index is 13.8. The fourth-order valence-corrected chi connectivity index (χ4v) is 7.96. The highest BCUT2D eigenvalue weighted by Gasteiger charge is 2.61. The van der Waals surface area contributed by atoms with Gasteiger partial charge < -0.3 is 24.8 Å². The van der Waals surface area contributed by atoms with Crippen LogP contribution < -0.4 is 10.6 Å². The third-order valence-corrected chi connectivity index (χ3v) is 11.5. The summed E-state index contributed by atoms with van der Waals surface area (Å²) in [6.45, 7) is 6.11. The van der Waals surface area contributed by atoms with Crippen LogP contribution in [0.3, 0.4) is 0 Å². The molecule has 3 aliphatic rings. The summed E-state index contributed by atoms with van der Waals surface area (Å²) in [5.41, 5.74) is 1.18. The number of nitrogens with zero attached hydrogens (tertiary/aromatic N) is 3. The maximum Gasteiger partial charge on any atom is 0.287 e. The van der Waals surface area contributed by atoms with Crippen molar-refractivity contribution in [1.29, 1.82) is 0 Å². The molecule has 0 bridgehead atoms. The zero-order valence-electron chi connectivity index (χ0n) is 22.4. The summed E-state index contributed by atoms with van der Waals surface area (Å²) in [6, 6.07) is 7.43. The Morgan fingerprint density at radius 1 is 1.26 bits per heavy atom. The fourth-order valence-electron chi connectivity index (χ4n) is 5.46. The molecule has 1 aromatic carbocycles. The first-order chi connectivity index (χ1) is 18.5. The molecule has 0 unspecified atom stereocenters. The average Bonchev–Trinajstić information content (AvgIpc) is 3.30. The molecule has 5 rings (SSSR count). The number of benzene rings is 1. The number of ether oxygens (including phenoxy) is 1. The number of hydrogen-bond acceptors (Lipinski definition) is 7. The number of carbonyl (C=O) groups excluding carboxylic acids is 2. The van der Waals surface area contributed by atoms with E-state index in [1.54, 1.807) is 35.4 Å². The minimum Gasteiger partial charge on any atom is -0.378 e. The molecule has 212 valence electrons. The highest BCUT2D eigenvalue weighted by molar-refractivity contribution is 7.94. The van der Waals surface area contributed by atoms with E-state index in [0.29, 0.717) is 44.1 Å². The molecule has 2 fully saturated rings. The summed E-state index contributed by atoms with van der Waals surface area (Å²) < 4.78 is 33.0. The number of imidazole rings is 1. The van der Waals surface area contributed by atoms with Gasteiger partial charge in [-0.15, -0.1) is 0 Å². The molecule has 0 radical (unpaired) electrons. The lowest BCUT2D eigenvalue weighted by Gasteiger charge is -2.35. The van der Waals surface area contributed by atoms with Crippen LogP contribution >= 0.6 is 11.6 Å². The molecular formula is C27H36ClN5O5S. The van der Waals surface area contributed by atoms with Crippen molar-refractivity contribution < 1.29 is 22.7 Å². The van der Waals surface area contributed by atoms with E-state index in [1.165, 1.54) is 6.20 Å². The number of nitrogens with one attached hydrogen (secondary N) is 2. The van der Waals surface area contributed by atoms with Gasteiger partial charge in [-0.1, -0.05) is 23.7 Å². The van der Waals surface area contributed by atoms with Gasteiger partial charge in [-0.05, 0) is 63.8 Å². The van der Waals surface area contributed by atoms with Gasteiger partial charge in [-0.25, -0.2) is 13.4 Å². The molecule has 1 aliphatic carbocycles. The monoisotopic (exact) mass is 577 g/mol. The Hall–Kier alpha value is -2.47. The van der Waals surface area contributed by atoms with E-state index in [0.717, 1.165) is 24.9 Å². The quantitative estimate of drug-likeness (QED) is 0.420. The lowest BCUT2D eigenvalue weighted by Crippen LogP contribution is -2.52. The molecule has 12 heteroatoms. The van der Waals surface area contributed by atoms with E-state index >= 15 is 0 Å². The summed E-state index contributed by atoms with van der Waals surface area (Å²) in [4.78, 5) is 32.0. The van der Waals surface area contributed by atoms with Gasteiger partial charge in [0.05, 0.1) is 28.9 Å². The fraction of sp³-hybridized carbons (Fsp3) is 0.593. The molecule has 1 atom stereocenters. The molecule has 39 heavy (non-hydrogen) atoms. The number of halogens is 1. The zero-order chi connectivity index (χ0) is 27.8. The predicted molar refractivity (Wildman–Crippen MR) is 148 cm³/mol. The van der Waals surface area contributed by atoms with Gasteiger partial charge >= 0.3 is 0 Å². The normalized spacial score (nSPS) is 20.6. The van der Waals surface area contributed by atoms with Gasteiger partial charge in [-0.2, -0.15) is 0 Å². The van der Waals surface area contributed by atoms with Crippen LogP contribution in [0.25, 0.3) is 0 Å². The van der Waals surface area contributed by atoms with Gasteiger partial charge in [0.1, 0.15) is 5.69 Å². The van der Waals surface area contributed by atoms with Crippen molar-refractivity contribution >= 4 is 33.3 Å². The molecule has 2 amide bonds. The second-order valence-corrected chi connectivity index (χ2v) is 14.8. The SMILES string of the molecule is CC(C)(COC[C@H]1CCCN1)S(=O)(=O)C1(CN2CCn3c(cnc3C(=O)NCc3ccc(Cl)cc3)C2=O)CC1. The molecule has 1 saturated carbocycles. The predicted octanol–water partition coefficient (Wildman–Crippen LogP) is 2.42. The number of sulfone groups is 1. The van der Waals surface area contributed by atoms with Crippen LogP contribution in [-0.4, -0.2) is 83.1 Å². The van der Waals surface area contributed by atoms with Crippen molar-refractivity contribution in [2.24, 2.45) is 0 Å². The molecule has 10 nitrogen and oxygen atoms in total. The first-order valence-corrected chi connectivity index (χ1v) is 15.3. The first kappa shape index (κ1) is 28.1. The Labute approximate surface area is 234 Å². The number of carbonyl (C=O) groups is 2. The summed E-state index contributed by atoms with van der Waals surface area (Å²) in [5, 5.41) is 6.81. The van der Waals surface area contributed by atoms with Crippen molar-refractivity contribution in [2.45, 2.75) is 68.2 Å². The second-order valence-electron chi connectivity index (χ2n) is 11.4. The van der Waals surface area contributed by atoms with Gasteiger partial charge in [0, 0.05) is 37.2 Å². The van der Waals surface area contributed by atoms with Crippen molar-refractivity contribution in [3.63, 3.8) is 0 Å². The number of hydrogen-bond donors (Lipinski definition) is 2. The van der Waals surface area contributed by atoms with E-state index in [-0.39, 0.29) is 42.5 Å². The Bertz CT molecular complexity index is 1330. The highest BCUT2D eigenvalue weighted by atomic mass is 35.5. The van der Waals surface area contributed by atoms with E-state index in [1.807, 2.05) is 12.1 Å². The third-order valence-electron chi connectivity index (χ3n) is 8.04. The third kappa shape index (κ3) is 5.59. The molecule has 2 N–H and O–H groups in total. The van der Waals surface area contributed by atoms with E-state index < -0.39 is 19.3 Å². The first-order valence-electron chi connectivity index (χ1n) is 13.5. The highest BCUT2D eigenvalue weighted by Crippen LogP contribution is 2.49. The smallest absolute Gasteiger partial charge is 0.287 e. The van der Waals surface area contributed by atoms with E-state index in [2.05, 4.69) is 15.6 Å². The Kier molecular flexibility index (Phi) is 7.80. The standard InChI is InChI=1S/C27H36ClN5O5S/c1-26(2,18-38-16-21-4-3-11-29-21)39(36,37)27(9-10-27)17-32-12-13-33-22(25(32)35)15-30-23(33)24(34)31-14-19-5-7-20(28)8-6-19/h5-8,15,21,29H,3-4,9-14,16-18H2,1-2H3,(H,31,34)/t21-/m1/s1. The number of rotatable bonds is 11. The summed E-state index contributed by atoms with van der Waals surface area (Å²) in [6.07, 6.45) is 4.58. The van der Waals surface area contributed by atoms with Crippen LogP contribution in [0.2, 0.25) is 5.02 Å². The number of aromatic nitrogens is 2. The van der Waals surface area contributed by atoms with Crippen molar-refractivity contribution in [3.05, 3.63) is 52.6 Å². The second kappa shape index (κ2) is 10.8. The largest absolute Gasteiger partial charge is 0.378 e. The maximum atomic E-state index is 13.8. The topological polar surface area (TPSA) is 123 Å². The summed E-state index contributed by atoms with van der Waals surface area (Å²) in [5.74, 6) is -0.530. The molecule has 2 aromatic rings. The Balaban J connectivity index is 1.21. The van der Waals surface area contributed by atoms with Crippen LogP contribution in [-0.2, 0) is 27.7 Å². The molecule has 2 aliphatic heterocycles.